The third kappa shape index (κ3) is 3.46. The van der Waals surface area contributed by atoms with Crippen molar-refractivity contribution in [2.75, 3.05) is 13.2 Å². The number of halogens is 3. The first kappa shape index (κ1) is 11.8. The van der Waals surface area contributed by atoms with E-state index in [1.165, 1.54) is 0 Å². The van der Waals surface area contributed by atoms with Crippen LogP contribution in [0.25, 0.3) is 0 Å². The van der Waals surface area contributed by atoms with E-state index in [-0.39, 0.29) is 18.9 Å². The molecule has 0 aromatic carbocycles. The summed E-state index contributed by atoms with van der Waals surface area (Å²) < 4.78 is 42.3. The molecular weight excluding hydrogens is 195 g/mol. The maximum absolute atomic E-state index is 12.4. The van der Waals surface area contributed by atoms with Crippen molar-refractivity contribution >= 4 is 0 Å². The number of alkyl halides is 3. The summed E-state index contributed by atoms with van der Waals surface area (Å²) in [6.07, 6.45) is -2.65. The van der Waals surface area contributed by atoms with Crippen LogP contribution >= 0.6 is 0 Å². The standard InChI is InChI=1S/C9H16F3NO/c10-9(11,12)7-2-1-3-8(6-7)14-5-4-13/h7-8H,1-6,13H2. The first-order valence-corrected chi connectivity index (χ1v) is 4.92. The molecule has 84 valence electrons. The van der Waals surface area contributed by atoms with Crippen molar-refractivity contribution in [2.45, 2.75) is 38.0 Å². The van der Waals surface area contributed by atoms with Crippen LogP contribution in [-0.4, -0.2) is 25.4 Å². The lowest BCUT2D eigenvalue weighted by molar-refractivity contribution is -0.192. The quantitative estimate of drug-likeness (QED) is 0.775. The Kier molecular flexibility index (Phi) is 4.19. The van der Waals surface area contributed by atoms with E-state index in [2.05, 4.69) is 0 Å². The second-order valence-corrected chi connectivity index (χ2v) is 3.69. The van der Waals surface area contributed by atoms with Crippen molar-refractivity contribution in [3.05, 3.63) is 0 Å². The van der Waals surface area contributed by atoms with Crippen molar-refractivity contribution in [1.29, 1.82) is 0 Å². The summed E-state index contributed by atoms with van der Waals surface area (Å²) in [4.78, 5) is 0. The molecule has 0 saturated heterocycles. The molecule has 0 bridgehead atoms. The maximum atomic E-state index is 12.4. The Morgan fingerprint density at radius 1 is 1.29 bits per heavy atom. The molecule has 0 aromatic rings. The first-order chi connectivity index (χ1) is 6.54. The van der Waals surface area contributed by atoms with Gasteiger partial charge in [-0.15, -0.1) is 0 Å². The van der Waals surface area contributed by atoms with Crippen molar-refractivity contribution in [3.8, 4) is 0 Å². The monoisotopic (exact) mass is 211 g/mol. The van der Waals surface area contributed by atoms with Crippen LogP contribution in [0.4, 0.5) is 13.2 Å². The van der Waals surface area contributed by atoms with E-state index < -0.39 is 12.1 Å². The van der Waals surface area contributed by atoms with Crippen molar-refractivity contribution in [3.63, 3.8) is 0 Å². The molecule has 2 atom stereocenters. The summed E-state index contributed by atoms with van der Waals surface area (Å²) in [6, 6.07) is 0. The van der Waals surface area contributed by atoms with Crippen LogP contribution in [0.1, 0.15) is 25.7 Å². The predicted molar refractivity (Wildman–Crippen MR) is 46.8 cm³/mol. The third-order valence-corrected chi connectivity index (χ3v) is 2.56. The highest BCUT2D eigenvalue weighted by Gasteiger charge is 2.42. The zero-order valence-electron chi connectivity index (χ0n) is 8.02. The van der Waals surface area contributed by atoms with Crippen molar-refractivity contribution in [1.82, 2.24) is 0 Å². The molecular formula is C9H16F3NO. The molecule has 0 spiro atoms. The van der Waals surface area contributed by atoms with Gasteiger partial charge in [-0.1, -0.05) is 6.42 Å². The lowest BCUT2D eigenvalue weighted by Crippen LogP contribution is -2.33. The normalized spacial score (nSPS) is 29.1. The molecule has 0 radical (unpaired) electrons. The number of hydrogen-bond acceptors (Lipinski definition) is 2. The van der Waals surface area contributed by atoms with Gasteiger partial charge in [-0.2, -0.15) is 13.2 Å². The minimum absolute atomic E-state index is 0.101. The highest BCUT2D eigenvalue weighted by molar-refractivity contribution is 4.78. The van der Waals surface area contributed by atoms with E-state index in [0.717, 1.165) is 6.42 Å². The van der Waals surface area contributed by atoms with Crippen LogP contribution < -0.4 is 5.73 Å². The molecule has 2 nitrogen and oxygen atoms in total. The topological polar surface area (TPSA) is 35.2 Å². The summed E-state index contributed by atoms with van der Waals surface area (Å²) in [5.74, 6) is -1.18. The van der Waals surface area contributed by atoms with Crippen LogP contribution in [0.15, 0.2) is 0 Å². The highest BCUT2D eigenvalue weighted by Crippen LogP contribution is 2.38. The average molecular weight is 211 g/mol. The zero-order valence-corrected chi connectivity index (χ0v) is 8.02. The van der Waals surface area contributed by atoms with Gasteiger partial charge in [0.15, 0.2) is 0 Å². The molecule has 1 aliphatic carbocycles. The summed E-state index contributed by atoms with van der Waals surface area (Å²) in [5.41, 5.74) is 5.22. The molecule has 2 N–H and O–H groups in total. The second-order valence-electron chi connectivity index (χ2n) is 3.69. The Balaban J connectivity index is 2.36. The largest absolute Gasteiger partial charge is 0.391 e. The van der Waals surface area contributed by atoms with Crippen LogP contribution in [0, 0.1) is 5.92 Å². The van der Waals surface area contributed by atoms with Gasteiger partial charge in [-0.05, 0) is 19.3 Å². The lowest BCUT2D eigenvalue weighted by Gasteiger charge is -2.30. The Morgan fingerprint density at radius 3 is 2.57 bits per heavy atom. The molecule has 1 fully saturated rings. The molecule has 2 unspecified atom stereocenters. The Labute approximate surface area is 81.6 Å². The predicted octanol–water partition coefficient (Wildman–Crippen LogP) is 2.08. The van der Waals surface area contributed by atoms with Gasteiger partial charge in [-0.25, -0.2) is 0 Å². The third-order valence-electron chi connectivity index (χ3n) is 2.56. The van der Waals surface area contributed by atoms with Crippen LogP contribution in [0.5, 0.6) is 0 Å². The smallest absolute Gasteiger partial charge is 0.377 e. The number of ether oxygens (including phenoxy) is 1. The van der Waals surface area contributed by atoms with Gasteiger partial charge in [0.05, 0.1) is 18.6 Å². The summed E-state index contributed by atoms with van der Waals surface area (Å²) in [5, 5.41) is 0. The summed E-state index contributed by atoms with van der Waals surface area (Å²) in [6.45, 7) is 0.725. The highest BCUT2D eigenvalue weighted by atomic mass is 19.4. The van der Waals surface area contributed by atoms with E-state index in [9.17, 15) is 13.2 Å². The fraction of sp³-hybridized carbons (Fsp3) is 1.00. The summed E-state index contributed by atoms with van der Waals surface area (Å²) >= 11 is 0. The minimum atomic E-state index is -4.06. The molecule has 1 aliphatic rings. The molecule has 0 aliphatic heterocycles. The van der Waals surface area contributed by atoms with Crippen molar-refractivity contribution in [2.24, 2.45) is 11.7 Å². The van der Waals surface area contributed by atoms with E-state index in [1.54, 1.807) is 0 Å². The van der Waals surface area contributed by atoms with Crippen LogP contribution in [0.2, 0.25) is 0 Å². The van der Waals surface area contributed by atoms with E-state index in [0.29, 0.717) is 19.6 Å². The summed E-state index contributed by atoms with van der Waals surface area (Å²) in [7, 11) is 0. The van der Waals surface area contributed by atoms with Crippen LogP contribution in [0.3, 0.4) is 0 Å². The molecule has 1 saturated carbocycles. The Hall–Kier alpha value is -0.290. The molecule has 0 heterocycles. The lowest BCUT2D eigenvalue weighted by atomic mass is 9.87. The Morgan fingerprint density at radius 2 is 2.00 bits per heavy atom. The fourth-order valence-electron chi connectivity index (χ4n) is 1.83. The second kappa shape index (κ2) is 4.98. The van der Waals surface area contributed by atoms with Crippen LogP contribution in [-0.2, 0) is 4.74 Å². The molecule has 0 aromatic heterocycles. The number of nitrogens with two attached hydrogens (primary N) is 1. The molecule has 14 heavy (non-hydrogen) atoms. The molecule has 5 heteroatoms. The first-order valence-electron chi connectivity index (χ1n) is 4.92. The van der Waals surface area contributed by atoms with Gasteiger partial charge in [-0.3, -0.25) is 0 Å². The SMILES string of the molecule is NCCOC1CCCC(C(F)(F)F)C1. The molecule has 0 amide bonds. The fourth-order valence-corrected chi connectivity index (χ4v) is 1.83. The zero-order chi connectivity index (χ0) is 10.6. The van der Waals surface area contributed by atoms with Crippen molar-refractivity contribution < 1.29 is 17.9 Å². The van der Waals surface area contributed by atoms with Gasteiger partial charge in [0.2, 0.25) is 0 Å². The van der Waals surface area contributed by atoms with Gasteiger partial charge in [0, 0.05) is 6.54 Å². The van der Waals surface area contributed by atoms with Gasteiger partial charge in [0.25, 0.3) is 0 Å². The van der Waals surface area contributed by atoms with E-state index in [1.807, 2.05) is 0 Å². The number of hydrogen-bond donors (Lipinski definition) is 1. The van der Waals surface area contributed by atoms with E-state index >= 15 is 0 Å². The average Bonchev–Trinajstić information content (AvgIpc) is 2.14. The molecule has 1 rings (SSSR count). The van der Waals surface area contributed by atoms with Gasteiger partial charge >= 0.3 is 6.18 Å². The Bertz CT molecular complexity index is 172. The maximum Gasteiger partial charge on any atom is 0.391 e. The van der Waals surface area contributed by atoms with E-state index in [4.69, 9.17) is 10.5 Å². The number of rotatable bonds is 3. The minimum Gasteiger partial charge on any atom is -0.377 e. The van der Waals surface area contributed by atoms with Gasteiger partial charge < -0.3 is 10.5 Å². The van der Waals surface area contributed by atoms with Gasteiger partial charge in [0.1, 0.15) is 0 Å².